The van der Waals surface area contributed by atoms with Crippen molar-refractivity contribution in [3.63, 3.8) is 0 Å². The number of nitrogen functional groups attached to an aromatic ring is 1. The number of nitrogens with zero attached hydrogens (tertiary/aromatic N) is 4. The highest BCUT2D eigenvalue weighted by Gasteiger charge is 2.21. The Kier molecular flexibility index (Phi) is 6.54. The Morgan fingerprint density at radius 1 is 1.31 bits per heavy atom. The molecule has 3 aromatic rings. The van der Waals surface area contributed by atoms with Gasteiger partial charge in [0.1, 0.15) is 11.6 Å². The second kappa shape index (κ2) is 9.06. The Labute approximate surface area is 199 Å². The van der Waals surface area contributed by atoms with Crippen molar-refractivity contribution in [1.29, 1.82) is 0 Å². The third-order valence-electron chi connectivity index (χ3n) is 5.09. The lowest BCUT2D eigenvalue weighted by atomic mass is 10.1. The molecule has 0 radical (unpaired) electrons. The summed E-state index contributed by atoms with van der Waals surface area (Å²) < 4.78 is 49.4. The molecule has 12 heteroatoms. The van der Waals surface area contributed by atoms with Gasteiger partial charge in [0.15, 0.2) is 17.0 Å². The predicted molar refractivity (Wildman–Crippen MR) is 127 cm³/mol. The molecule has 4 rings (SSSR count). The van der Waals surface area contributed by atoms with Gasteiger partial charge in [-0.05, 0) is 51.8 Å². The number of halogens is 2. The van der Waals surface area contributed by atoms with Gasteiger partial charge < -0.3 is 15.0 Å². The van der Waals surface area contributed by atoms with E-state index in [1.165, 1.54) is 5.56 Å². The number of hydrogen-bond donors (Lipinski definition) is 2. The molecule has 0 saturated carbocycles. The summed E-state index contributed by atoms with van der Waals surface area (Å²) in [5.74, 6) is 1.42. The minimum atomic E-state index is -3.42. The summed E-state index contributed by atoms with van der Waals surface area (Å²) in [4.78, 5) is 12.0. The number of nitrogens with one attached hydrogen (secondary N) is 1. The minimum Gasteiger partial charge on any atom is -0.493 e. The first-order chi connectivity index (χ1) is 15.1. The maximum Gasteiger partial charge on any atom is 0.312 e. The molecule has 0 amide bonds. The molecule has 0 unspecified atom stereocenters. The van der Waals surface area contributed by atoms with Crippen molar-refractivity contribution in [2.75, 3.05) is 24.6 Å². The van der Waals surface area contributed by atoms with Crippen molar-refractivity contribution in [2.45, 2.75) is 33.2 Å². The lowest BCUT2D eigenvalue weighted by molar-refractivity contribution is 0.356. The van der Waals surface area contributed by atoms with E-state index >= 15 is 0 Å². The molecule has 32 heavy (non-hydrogen) atoms. The smallest absolute Gasteiger partial charge is 0.312 e. The zero-order chi connectivity index (χ0) is 23.0. The topological polar surface area (TPSA) is 125 Å². The highest BCUT2D eigenvalue weighted by Crippen LogP contribution is 2.31. The molecule has 0 atom stereocenters. The molecule has 0 fully saturated rings. The maximum atomic E-state index is 13.9. The Balaban J connectivity index is 1.67. The summed E-state index contributed by atoms with van der Waals surface area (Å²) in [5.41, 5.74) is 8.58. The Hall–Kier alpha value is -2.06. The van der Waals surface area contributed by atoms with Crippen LogP contribution in [-0.4, -0.2) is 46.8 Å². The molecule has 9 nitrogen and oxygen atoms in total. The fourth-order valence-electron chi connectivity index (χ4n) is 3.76. The molecule has 2 aromatic heterocycles. The van der Waals surface area contributed by atoms with Crippen LogP contribution >= 0.6 is 22.6 Å². The van der Waals surface area contributed by atoms with Gasteiger partial charge in [0.25, 0.3) is 0 Å². The van der Waals surface area contributed by atoms with E-state index in [1.807, 2.05) is 19.9 Å². The van der Waals surface area contributed by atoms with Crippen LogP contribution in [0.1, 0.15) is 30.8 Å². The second-order valence-electron chi connectivity index (χ2n) is 8.13. The Morgan fingerprint density at radius 2 is 2.09 bits per heavy atom. The van der Waals surface area contributed by atoms with Crippen molar-refractivity contribution in [3.05, 3.63) is 38.7 Å². The molecule has 3 heterocycles. The normalized spacial score (nSPS) is 13.7. The number of aromatic nitrogens is 4. The maximum absolute atomic E-state index is 13.9. The number of benzene rings is 1. The summed E-state index contributed by atoms with van der Waals surface area (Å²) in [7, 11) is -3.42. The molecular weight excluding hydrogens is 550 g/mol. The van der Waals surface area contributed by atoms with Crippen LogP contribution in [-0.2, 0) is 29.4 Å². The monoisotopic (exact) mass is 574 g/mol. The molecule has 3 N–H and O–H groups in total. The third-order valence-corrected chi connectivity index (χ3v) is 7.84. The van der Waals surface area contributed by atoms with Gasteiger partial charge >= 0.3 is 6.08 Å². The van der Waals surface area contributed by atoms with E-state index in [-0.39, 0.29) is 36.2 Å². The Bertz CT molecular complexity index is 1280. The summed E-state index contributed by atoms with van der Waals surface area (Å²) in [5, 5.41) is 0. The summed E-state index contributed by atoms with van der Waals surface area (Å²) in [6, 6.07) is 4.09. The van der Waals surface area contributed by atoms with E-state index in [9.17, 15) is 12.8 Å². The van der Waals surface area contributed by atoms with E-state index in [2.05, 4.69) is 48.3 Å². The Morgan fingerprint density at radius 3 is 2.84 bits per heavy atom. The van der Waals surface area contributed by atoms with E-state index in [4.69, 9.17) is 10.5 Å². The van der Waals surface area contributed by atoms with Gasteiger partial charge in [0, 0.05) is 29.5 Å². The van der Waals surface area contributed by atoms with E-state index in [1.54, 1.807) is 4.57 Å². The molecular formula is C20H24FIN6O3S. The van der Waals surface area contributed by atoms with Crippen LogP contribution in [0, 0.1) is 15.6 Å². The van der Waals surface area contributed by atoms with Gasteiger partial charge in [-0.1, -0.05) is 13.8 Å². The van der Waals surface area contributed by atoms with Gasteiger partial charge in [-0.2, -0.15) is 14.4 Å². The average molecular weight is 574 g/mol. The number of hydrogen-bond acceptors (Lipinski definition) is 7. The molecule has 0 bridgehead atoms. The lowest BCUT2D eigenvalue weighted by Gasteiger charge is -2.12. The highest BCUT2D eigenvalue weighted by molar-refractivity contribution is 14.1. The number of anilines is 1. The second-order valence-corrected chi connectivity index (χ2v) is 11.1. The zero-order valence-electron chi connectivity index (χ0n) is 17.7. The predicted octanol–water partition coefficient (Wildman–Crippen LogP) is 2.25. The number of sulfonamides is 1. The van der Waals surface area contributed by atoms with Crippen LogP contribution < -0.4 is 15.2 Å². The molecule has 0 saturated heterocycles. The number of ether oxygens (including phenoxy) is 1. The van der Waals surface area contributed by atoms with Gasteiger partial charge in [0.05, 0.1) is 12.4 Å². The number of rotatable bonds is 8. The van der Waals surface area contributed by atoms with Crippen molar-refractivity contribution in [2.24, 2.45) is 5.92 Å². The van der Waals surface area contributed by atoms with Gasteiger partial charge in [-0.25, -0.2) is 18.1 Å². The molecule has 1 aliphatic heterocycles. The van der Waals surface area contributed by atoms with E-state index in [0.717, 1.165) is 21.3 Å². The first-order valence-corrected chi connectivity index (χ1v) is 13.0. The van der Waals surface area contributed by atoms with Crippen molar-refractivity contribution < 1.29 is 17.5 Å². The first kappa shape index (κ1) is 23.1. The van der Waals surface area contributed by atoms with Crippen LogP contribution in [0.5, 0.6) is 5.75 Å². The largest absolute Gasteiger partial charge is 0.493 e. The van der Waals surface area contributed by atoms with Crippen LogP contribution in [0.4, 0.5) is 10.2 Å². The lowest BCUT2D eigenvalue weighted by Crippen LogP contribution is -2.31. The van der Waals surface area contributed by atoms with Crippen molar-refractivity contribution in [1.82, 2.24) is 24.2 Å². The van der Waals surface area contributed by atoms with E-state index in [0.29, 0.717) is 24.4 Å². The summed E-state index contributed by atoms with van der Waals surface area (Å²) in [6.45, 7) is 4.67. The minimum absolute atomic E-state index is 0.00266. The van der Waals surface area contributed by atoms with Gasteiger partial charge in [-0.3, -0.25) is 0 Å². The third kappa shape index (κ3) is 4.96. The molecule has 0 aliphatic carbocycles. The quantitative estimate of drug-likeness (QED) is 0.313. The fourth-order valence-corrected chi connectivity index (χ4v) is 5.88. The fraction of sp³-hybridized carbons (Fsp3) is 0.450. The standard InChI is InChI=1S/C20H24FIN6O3S/c1-11(2)10-32(29,30)24-4-5-28-16(25-17-18(23)26-20(21)27-19(17)28)9-13-8-15-12(3-6-31-15)7-14(13)22/h7-8,11,24H,3-6,9-10H2,1-2H3,(H2,23,26,27). The zero-order valence-corrected chi connectivity index (χ0v) is 20.7. The molecule has 1 aromatic carbocycles. The van der Waals surface area contributed by atoms with Crippen LogP contribution in [0.3, 0.4) is 0 Å². The number of nitrogens with two attached hydrogens (primary N) is 1. The first-order valence-electron chi connectivity index (χ1n) is 10.2. The highest BCUT2D eigenvalue weighted by atomic mass is 127. The van der Waals surface area contributed by atoms with Gasteiger partial charge in [0.2, 0.25) is 10.0 Å². The number of imidazole rings is 1. The average Bonchev–Trinajstić information content (AvgIpc) is 3.26. The SMILES string of the molecule is CC(C)CS(=O)(=O)NCCn1c(Cc2cc3c(cc2I)CCO3)nc2c(N)nc(F)nc21. The molecule has 1 aliphatic rings. The van der Waals surface area contributed by atoms with Crippen LogP contribution in [0.15, 0.2) is 12.1 Å². The van der Waals surface area contributed by atoms with Crippen LogP contribution in [0.25, 0.3) is 11.2 Å². The van der Waals surface area contributed by atoms with Crippen molar-refractivity contribution in [3.8, 4) is 5.75 Å². The summed E-state index contributed by atoms with van der Waals surface area (Å²) >= 11 is 2.28. The van der Waals surface area contributed by atoms with E-state index < -0.39 is 16.1 Å². The number of fused-ring (bicyclic) bond motifs is 2. The molecule has 0 spiro atoms. The van der Waals surface area contributed by atoms with Crippen molar-refractivity contribution >= 4 is 49.6 Å². The molecule has 172 valence electrons. The van der Waals surface area contributed by atoms with Gasteiger partial charge in [-0.15, -0.1) is 0 Å². The van der Waals surface area contributed by atoms with Crippen LogP contribution in [0.2, 0.25) is 0 Å². The summed E-state index contributed by atoms with van der Waals surface area (Å²) in [6.07, 6.45) is 0.348.